The Morgan fingerprint density at radius 2 is 2.04 bits per heavy atom. The van der Waals surface area contributed by atoms with Gasteiger partial charge in [-0.15, -0.1) is 0 Å². The van der Waals surface area contributed by atoms with E-state index in [0.717, 1.165) is 42.6 Å². The van der Waals surface area contributed by atoms with Crippen LogP contribution in [0.4, 0.5) is 9.52 Å². The Hall–Kier alpha value is -1.84. The van der Waals surface area contributed by atoms with E-state index in [0.29, 0.717) is 30.1 Å². The first-order valence-corrected chi connectivity index (χ1v) is 11.8. The first-order chi connectivity index (χ1) is 13.4. The van der Waals surface area contributed by atoms with Crippen LogP contribution in [-0.2, 0) is 14.6 Å². The van der Waals surface area contributed by atoms with Gasteiger partial charge in [0.2, 0.25) is 5.91 Å². The summed E-state index contributed by atoms with van der Waals surface area (Å²) >= 11 is 0.786. The van der Waals surface area contributed by atoms with Crippen LogP contribution in [0.2, 0.25) is 0 Å². The molecule has 0 bridgehead atoms. The Balaban J connectivity index is 1.56. The smallest absolute Gasteiger partial charge is 0.233 e. The minimum atomic E-state index is -3.26. The first kappa shape index (κ1) is 19.5. The lowest BCUT2D eigenvalue weighted by Gasteiger charge is -2.20. The van der Waals surface area contributed by atoms with Crippen molar-refractivity contribution < 1.29 is 17.6 Å². The van der Waals surface area contributed by atoms with Crippen LogP contribution in [0.1, 0.15) is 37.2 Å². The van der Waals surface area contributed by atoms with Gasteiger partial charge in [0.1, 0.15) is 0 Å². The summed E-state index contributed by atoms with van der Waals surface area (Å²) in [7, 11) is -3.26. The molecule has 1 saturated carbocycles. The summed E-state index contributed by atoms with van der Waals surface area (Å²) in [5, 5.41) is 5.50. The van der Waals surface area contributed by atoms with Gasteiger partial charge in [-0.1, -0.05) is 23.5 Å². The second-order valence-corrected chi connectivity index (χ2v) is 10.6. The van der Waals surface area contributed by atoms with Gasteiger partial charge in [0, 0.05) is 0 Å². The first-order valence-electron chi connectivity index (χ1n) is 9.40. The second-order valence-electron chi connectivity index (χ2n) is 7.42. The molecule has 0 radical (unpaired) electrons. The third kappa shape index (κ3) is 4.26. The molecule has 1 aromatic carbocycles. The molecular weight excluding hydrogens is 401 g/mol. The van der Waals surface area contributed by atoms with Crippen LogP contribution in [0.3, 0.4) is 0 Å². The van der Waals surface area contributed by atoms with E-state index in [1.807, 2.05) is 0 Å². The third-order valence-corrected chi connectivity index (χ3v) is 8.31. The van der Waals surface area contributed by atoms with Crippen molar-refractivity contribution in [2.24, 2.45) is 5.92 Å². The molecule has 0 spiro atoms. The summed E-state index contributed by atoms with van der Waals surface area (Å²) in [5.74, 6) is -0.341. The largest absolute Gasteiger partial charge is 0.316 e. The van der Waals surface area contributed by atoms with Crippen molar-refractivity contribution in [3.05, 3.63) is 41.2 Å². The molecule has 6 nitrogen and oxygen atoms in total. The van der Waals surface area contributed by atoms with Crippen molar-refractivity contribution in [3.63, 3.8) is 0 Å². The molecular formula is C19H22FN3O3S2. The van der Waals surface area contributed by atoms with Gasteiger partial charge in [0.25, 0.3) is 0 Å². The molecule has 2 fully saturated rings. The number of aromatic nitrogens is 1. The summed E-state index contributed by atoms with van der Waals surface area (Å²) in [4.78, 5) is 17.1. The maximum absolute atomic E-state index is 13.2. The molecule has 4 rings (SSSR count). The lowest BCUT2D eigenvalue weighted by molar-refractivity contribution is -0.118. The maximum atomic E-state index is 13.2. The van der Waals surface area contributed by atoms with Gasteiger partial charge < -0.3 is 10.6 Å². The van der Waals surface area contributed by atoms with E-state index in [-0.39, 0.29) is 16.3 Å². The summed E-state index contributed by atoms with van der Waals surface area (Å²) in [6, 6.07) is 6.65. The number of carbonyl (C=O) groups is 1. The van der Waals surface area contributed by atoms with Gasteiger partial charge in [0.05, 0.1) is 22.3 Å². The number of anilines is 1. The standard InChI is InChI=1S/C19H22FN3O3S2/c20-17-11-22-19(27-17)23-18(24)16(9-12-7-8-21-10-12)13-1-3-14(4-2-13)28(25,26)15-5-6-15/h1-4,11-12,15-16,21H,5-10H2,(H,22,23,24)/t12-,16-/m1/s1. The SMILES string of the molecule is O=C(Nc1ncc(F)s1)[C@H](C[C@H]1CCNC1)c1ccc(S(=O)(=O)C2CC2)cc1. The quantitative estimate of drug-likeness (QED) is 0.715. The van der Waals surface area contributed by atoms with E-state index in [4.69, 9.17) is 0 Å². The number of thiazole rings is 1. The van der Waals surface area contributed by atoms with Gasteiger partial charge in [-0.05, 0) is 62.4 Å². The number of nitrogens with zero attached hydrogens (tertiary/aromatic N) is 1. The van der Waals surface area contributed by atoms with Crippen LogP contribution in [0.15, 0.2) is 35.4 Å². The van der Waals surface area contributed by atoms with Crippen LogP contribution < -0.4 is 10.6 Å². The number of benzene rings is 1. The molecule has 1 aliphatic heterocycles. The van der Waals surface area contributed by atoms with Crippen LogP contribution >= 0.6 is 11.3 Å². The van der Waals surface area contributed by atoms with Gasteiger partial charge >= 0.3 is 0 Å². The highest BCUT2D eigenvalue weighted by Crippen LogP contribution is 2.35. The normalized spacial score (nSPS) is 20.8. The number of amides is 1. The van der Waals surface area contributed by atoms with Crippen molar-refractivity contribution in [1.82, 2.24) is 10.3 Å². The van der Waals surface area contributed by atoms with E-state index in [2.05, 4.69) is 15.6 Å². The number of nitrogens with one attached hydrogen (secondary N) is 2. The molecule has 2 aromatic rings. The predicted octanol–water partition coefficient (Wildman–Crippen LogP) is 2.94. The van der Waals surface area contributed by atoms with Crippen molar-refractivity contribution in [2.45, 2.75) is 41.7 Å². The Kier molecular flexibility index (Phi) is 5.48. The van der Waals surface area contributed by atoms with E-state index in [1.165, 1.54) is 0 Å². The molecule has 1 amide bonds. The molecule has 2 heterocycles. The Morgan fingerprint density at radius 1 is 1.29 bits per heavy atom. The molecule has 2 N–H and O–H groups in total. The fraction of sp³-hybridized carbons (Fsp3) is 0.474. The lowest BCUT2D eigenvalue weighted by Crippen LogP contribution is -2.24. The highest BCUT2D eigenvalue weighted by atomic mass is 32.2. The molecule has 2 atom stereocenters. The second kappa shape index (κ2) is 7.88. The zero-order valence-electron chi connectivity index (χ0n) is 15.2. The van der Waals surface area contributed by atoms with Gasteiger partial charge in [-0.25, -0.2) is 13.4 Å². The fourth-order valence-electron chi connectivity index (χ4n) is 3.61. The average molecular weight is 424 g/mol. The van der Waals surface area contributed by atoms with Gasteiger partial charge in [-0.2, -0.15) is 4.39 Å². The average Bonchev–Trinajstić information content (AvgIpc) is 3.29. The minimum absolute atomic E-state index is 0.227. The number of carbonyl (C=O) groups excluding carboxylic acids is 1. The van der Waals surface area contributed by atoms with Crippen molar-refractivity contribution in [3.8, 4) is 0 Å². The molecule has 1 aliphatic carbocycles. The third-order valence-electron chi connectivity index (χ3n) is 5.33. The molecule has 9 heteroatoms. The number of halogens is 1. The topological polar surface area (TPSA) is 88.2 Å². The highest BCUT2D eigenvalue weighted by molar-refractivity contribution is 7.92. The van der Waals surface area contributed by atoms with E-state index in [9.17, 15) is 17.6 Å². The molecule has 1 aromatic heterocycles. The lowest BCUT2D eigenvalue weighted by atomic mass is 9.87. The predicted molar refractivity (Wildman–Crippen MR) is 106 cm³/mol. The Labute approximate surface area is 167 Å². The van der Waals surface area contributed by atoms with Crippen molar-refractivity contribution in [2.75, 3.05) is 18.4 Å². The molecule has 1 saturated heterocycles. The van der Waals surface area contributed by atoms with Crippen molar-refractivity contribution in [1.29, 1.82) is 0 Å². The van der Waals surface area contributed by atoms with Crippen LogP contribution in [-0.4, -0.2) is 37.6 Å². The van der Waals surface area contributed by atoms with E-state index in [1.54, 1.807) is 24.3 Å². The van der Waals surface area contributed by atoms with Gasteiger partial charge in [0.15, 0.2) is 20.1 Å². The van der Waals surface area contributed by atoms with Gasteiger partial charge in [-0.3, -0.25) is 4.79 Å². The van der Waals surface area contributed by atoms with Crippen LogP contribution in [0.5, 0.6) is 0 Å². The Morgan fingerprint density at radius 3 is 2.61 bits per heavy atom. The summed E-state index contributed by atoms with van der Waals surface area (Å²) in [5.41, 5.74) is 0.760. The van der Waals surface area contributed by atoms with E-state index >= 15 is 0 Å². The Bertz CT molecular complexity index is 949. The fourth-order valence-corrected chi connectivity index (χ4v) is 5.81. The zero-order chi connectivity index (χ0) is 19.7. The monoisotopic (exact) mass is 423 g/mol. The number of hydrogen-bond donors (Lipinski definition) is 2. The highest BCUT2D eigenvalue weighted by Gasteiger charge is 2.37. The van der Waals surface area contributed by atoms with Crippen LogP contribution in [0, 0.1) is 11.0 Å². The summed E-state index contributed by atoms with van der Waals surface area (Å²) in [6.07, 6.45) is 4.14. The van der Waals surface area contributed by atoms with E-state index < -0.39 is 20.9 Å². The maximum Gasteiger partial charge on any atom is 0.233 e. The molecule has 28 heavy (non-hydrogen) atoms. The zero-order valence-corrected chi connectivity index (χ0v) is 16.9. The summed E-state index contributed by atoms with van der Waals surface area (Å²) in [6.45, 7) is 1.78. The minimum Gasteiger partial charge on any atom is -0.316 e. The van der Waals surface area contributed by atoms with Crippen molar-refractivity contribution >= 4 is 32.2 Å². The molecule has 0 unspecified atom stereocenters. The number of hydrogen-bond acceptors (Lipinski definition) is 6. The molecule has 150 valence electrons. The summed E-state index contributed by atoms with van der Waals surface area (Å²) < 4.78 is 38.0. The van der Waals surface area contributed by atoms with Crippen LogP contribution in [0.25, 0.3) is 0 Å². The number of sulfone groups is 1. The molecule has 2 aliphatic rings. The number of rotatable bonds is 7.